The highest BCUT2D eigenvalue weighted by atomic mass is 16.5. The van der Waals surface area contributed by atoms with Crippen LogP contribution in [0, 0.1) is 0 Å². The van der Waals surface area contributed by atoms with Crippen molar-refractivity contribution in [1.29, 1.82) is 0 Å². The number of carbonyl (C=O) groups excluding carboxylic acids is 1. The molecule has 1 rings (SSSR count). The van der Waals surface area contributed by atoms with Crippen molar-refractivity contribution in [3.63, 3.8) is 0 Å². The summed E-state index contributed by atoms with van der Waals surface area (Å²) in [5, 5.41) is 6.42. The van der Waals surface area contributed by atoms with E-state index in [4.69, 9.17) is 10.3 Å². The average molecular weight is 248 g/mol. The van der Waals surface area contributed by atoms with Crippen molar-refractivity contribution in [3.05, 3.63) is 46.3 Å². The van der Waals surface area contributed by atoms with Crippen molar-refractivity contribution in [2.24, 2.45) is 5.11 Å². The highest BCUT2D eigenvalue weighted by molar-refractivity contribution is 5.76. The SMILES string of the molecule is CCOC(=O)C(CN=[N+]=[N-])NCc1ccccc1. The molecule has 0 aliphatic heterocycles. The fraction of sp³-hybridized carbons (Fsp3) is 0.417. The Balaban J connectivity index is 2.55. The molecule has 1 aromatic rings. The molecule has 0 amide bonds. The molecule has 1 N–H and O–H groups in total. The summed E-state index contributed by atoms with van der Waals surface area (Å²) in [5.41, 5.74) is 9.34. The molecule has 0 saturated carbocycles. The molecule has 0 aliphatic rings. The third kappa shape index (κ3) is 4.86. The van der Waals surface area contributed by atoms with Gasteiger partial charge in [-0.25, -0.2) is 0 Å². The molecule has 1 atom stereocenters. The van der Waals surface area contributed by atoms with E-state index in [0.29, 0.717) is 13.2 Å². The fourth-order valence-electron chi connectivity index (χ4n) is 1.42. The van der Waals surface area contributed by atoms with Crippen LogP contribution in [0.5, 0.6) is 0 Å². The van der Waals surface area contributed by atoms with Gasteiger partial charge in [0.2, 0.25) is 0 Å². The van der Waals surface area contributed by atoms with E-state index in [1.54, 1.807) is 6.92 Å². The lowest BCUT2D eigenvalue weighted by Crippen LogP contribution is -2.40. The topological polar surface area (TPSA) is 87.1 Å². The molecule has 0 spiro atoms. The van der Waals surface area contributed by atoms with Crippen LogP contribution >= 0.6 is 0 Å². The van der Waals surface area contributed by atoms with Gasteiger partial charge in [-0.05, 0) is 18.0 Å². The van der Waals surface area contributed by atoms with E-state index in [9.17, 15) is 4.79 Å². The van der Waals surface area contributed by atoms with Crippen molar-refractivity contribution in [2.45, 2.75) is 19.5 Å². The molecule has 1 unspecified atom stereocenters. The smallest absolute Gasteiger partial charge is 0.323 e. The van der Waals surface area contributed by atoms with Gasteiger partial charge in [-0.2, -0.15) is 0 Å². The van der Waals surface area contributed by atoms with E-state index in [1.165, 1.54) is 0 Å². The van der Waals surface area contributed by atoms with E-state index in [2.05, 4.69) is 15.3 Å². The molecule has 0 bridgehead atoms. The van der Waals surface area contributed by atoms with Gasteiger partial charge in [0.05, 0.1) is 13.2 Å². The van der Waals surface area contributed by atoms with Crippen LogP contribution < -0.4 is 5.32 Å². The molecule has 0 aliphatic carbocycles. The minimum Gasteiger partial charge on any atom is -0.465 e. The molecule has 0 aromatic heterocycles. The van der Waals surface area contributed by atoms with E-state index in [-0.39, 0.29) is 6.54 Å². The Kier molecular flexibility index (Phi) is 6.32. The summed E-state index contributed by atoms with van der Waals surface area (Å²) in [4.78, 5) is 14.3. The maximum absolute atomic E-state index is 11.6. The lowest BCUT2D eigenvalue weighted by Gasteiger charge is -2.15. The number of rotatable bonds is 7. The first kappa shape index (κ1) is 14.0. The Morgan fingerprint density at radius 2 is 2.22 bits per heavy atom. The normalized spacial score (nSPS) is 11.4. The Bertz CT molecular complexity index is 415. The van der Waals surface area contributed by atoms with E-state index in [1.807, 2.05) is 30.3 Å². The Labute approximate surface area is 106 Å². The zero-order valence-electron chi connectivity index (χ0n) is 10.2. The number of hydrogen-bond acceptors (Lipinski definition) is 4. The third-order valence-electron chi connectivity index (χ3n) is 2.29. The van der Waals surface area contributed by atoms with Crippen LogP contribution in [-0.4, -0.2) is 25.2 Å². The predicted molar refractivity (Wildman–Crippen MR) is 67.7 cm³/mol. The van der Waals surface area contributed by atoms with Gasteiger partial charge in [-0.1, -0.05) is 35.4 Å². The average Bonchev–Trinajstić information content (AvgIpc) is 2.40. The van der Waals surface area contributed by atoms with Crippen molar-refractivity contribution < 1.29 is 9.53 Å². The van der Waals surface area contributed by atoms with Gasteiger partial charge in [0, 0.05) is 11.5 Å². The van der Waals surface area contributed by atoms with E-state index in [0.717, 1.165) is 5.56 Å². The summed E-state index contributed by atoms with van der Waals surface area (Å²) >= 11 is 0. The number of carbonyl (C=O) groups is 1. The van der Waals surface area contributed by atoms with Gasteiger partial charge in [0.15, 0.2) is 0 Å². The summed E-state index contributed by atoms with van der Waals surface area (Å²) in [6, 6.07) is 9.05. The molecule has 0 heterocycles. The van der Waals surface area contributed by atoms with Crippen LogP contribution in [0.25, 0.3) is 10.4 Å². The molecular formula is C12H16N4O2. The van der Waals surface area contributed by atoms with E-state index >= 15 is 0 Å². The van der Waals surface area contributed by atoms with Crippen LogP contribution in [0.15, 0.2) is 35.4 Å². The molecule has 96 valence electrons. The second-order valence-electron chi connectivity index (χ2n) is 3.58. The van der Waals surface area contributed by atoms with Gasteiger partial charge in [0.25, 0.3) is 0 Å². The molecule has 18 heavy (non-hydrogen) atoms. The zero-order valence-corrected chi connectivity index (χ0v) is 10.2. The van der Waals surface area contributed by atoms with Crippen LogP contribution in [0.1, 0.15) is 12.5 Å². The van der Waals surface area contributed by atoms with Crippen molar-refractivity contribution in [1.82, 2.24) is 5.32 Å². The lowest BCUT2D eigenvalue weighted by molar-refractivity contribution is -0.145. The van der Waals surface area contributed by atoms with Gasteiger partial charge in [-0.15, -0.1) is 0 Å². The number of ether oxygens (including phenoxy) is 1. The van der Waals surface area contributed by atoms with Crippen LogP contribution in [0.2, 0.25) is 0 Å². The number of hydrogen-bond donors (Lipinski definition) is 1. The maximum Gasteiger partial charge on any atom is 0.323 e. The molecule has 1 aromatic carbocycles. The fourth-order valence-corrected chi connectivity index (χ4v) is 1.42. The zero-order chi connectivity index (χ0) is 13.2. The second kappa shape index (κ2) is 8.11. The van der Waals surface area contributed by atoms with Gasteiger partial charge >= 0.3 is 5.97 Å². The van der Waals surface area contributed by atoms with Crippen LogP contribution in [0.4, 0.5) is 0 Å². The third-order valence-corrected chi connectivity index (χ3v) is 2.29. The molecule has 0 saturated heterocycles. The standard InChI is InChI=1S/C12H16N4O2/c1-2-18-12(17)11(9-15-16-13)14-8-10-6-4-3-5-7-10/h3-7,11,14H,2,8-9H2,1H3. The first-order chi connectivity index (χ1) is 8.77. The number of nitrogens with one attached hydrogen (secondary N) is 1. The lowest BCUT2D eigenvalue weighted by atomic mass is 10.2. The summed E-state index contributed by atoms with van der Waals surface area (Å²) in [7, 11) is 0. The molecule has 0 fully saturated rings. The Morgan fingerprint density at radius 3 is 2.83 bits per heavy atom. The molecule has 6 nitrogen and oxygen atoms in total. The number of esters is 1. The number of benzene rings is 1. The summed E-state index contributed by atoms with van der Waals surface area (Å²) < 4.78 is 4.90. The van der Waals surface area contributed by atoms with Crippen molar-refractivity contribution in [2.75, 3.05) is 13.2 Å². The van der Waals surface area contributed by atoms with Gasteiger partial charge in [0.1, 0.15) is 6.04 Å². The highest BCUT2D eigenvalue weighted by Gasteiger charge is 2.17. The number of azide groups is 1. The largest absolute Gasteiger partial charge is 0.465 e. The van der Waals surface area contributed by atoms with Crippen molar-refractivity contribution in [3.8, 4) is 0 Å². The Morgan fingerprint density at radius 1 is 1.50 bits per heavy atom. The van der Waals surface area contributed by atoms with Gasteiger partial charge in [-0.3, -0.25) is 4.79 Å². The molecule has 0 radical (unpaired) electrons. The van der Waals surface area contributed by atoms with Crippen molar-refractivity contribution >= 4 is 5.97 Å². The molecular weight excluding hydrogens is 232 g/mol. The summed E-state index contributed by atoms with van der Waals surface area (Å²) in [5.74, 6) is -0.402. The minimum atomic E-state index is -0.610. The summed E-state index contributed by atoms with van der Waals surface area (Å²) in [6.45, 7) is 2.60. The molecule has 6 heteroatoms. The first-order valence-corrected chi connectivity index (χ1v) is 5.72. The van der Waals surface area contributed by atoms with Crippen LogP contribution in [0.3, 0.4) is 0 Å². The predicted octanol–water partition coefficient (Wildman–Crippen LogP) is 2.02. The van der Waals surface area contributed by atoms with E-state index < -0.39 is 12.0 Å². The maximum atomic E-state index is 11.6. The Hall–Kier alpha value is -2.04. The quantitative estimate of drug-likeness (QED) is 0.346. The van der Waals surface area contributed by atoms with Crippen LogP contribution in [-0.2, 0) is 16.1 Å². The monoisotopic (exact) mass is 248 g/mol. The first-order valence-electron chi connectivity index (χ1n) is 5.72. The minimum absolute atomic E-state index is 0.0438. The number of nitrogens with zero attached hydrogens (tertiary/aromatic N) is 3. The second-order valence-corrected chi connectivity index (χ2v) is 3.58. The highest BCUT2D eigenvalue weighted by Crippen LogP contribution is 2.00. The summed E-state index contributed by atoms with van der Waals surface area (Å²) in [6.07, 6.45) is 0. The van der Waals surface area contributed by atoms with Gasteiger partial charge < -0.3 is 10.1 Å².